The summed E-state index contributed by atoms with van der Waals surface area (Å²) in [5.41, 5.74) is 0.467. The molecule has 158 valence electrons. The molecule has 1 aromatic rings. The number of ether oxygens (including phenoxy) is 1. The number of rotatable bonds is 6. The van der Waals surface area contributed by atoms with Crippen molar-refractivity contribution >= 4 is 29.5 Å². The lowest BCUT2D eigenvalue weighted by atomic mass is 9.91. The predicted octanol–water partition coefficient (Wildman–Crippen LogP) is 2.05. The molecule has 3 atom stereocenters. The van der Waals surface area contributed by atoms with E-state index in [0.29, 0.717) is 43.0 Å². The molecule has 0 saturated carbocycles. The van der Waals surface area contributed by atoms with Gasteiger partial charge in [-0.25, -0.2) is 0 Å². The van der Waals surface area contributed by atoms with E-state index in [2.05, 4.69) is 10.6 Å². The Morgan fingerprint density at radius 3 is 2.79 bits per heavy atom. The Morgan fingerprint density at radius 1 is 1.38 bits per heavy atom. The summed E-state index contributed by atoms with van der Waals surface area (Å²) in [6.45, 7) is 4.54. The van der Waals surface area contributed by atoms with E-state index >= 15 is 0 Å². The zero-order valence-electron chi connectivity index (χ0n) is 17.4. The average Bonchev–Trinajstić information content (AvgIpc) is 2.70. The van der Waals surface area contributed by atoms with Crippen molar-refractivity contribution in [3.8, 4) is 5.75 Å². The van der Waals surface area contributed by atoms with Gasteiger partial charge < -0.3 is 20.3 Å². The molecule has 2 heterocycles. The maximum absolute atomic E-state index is 12.8. The molecule has 2 saturated heterocycles. The first-order valence-corrected chi connectivity index (χ1v) is 11.2. The van der Waals surface area contributed by atoms with Crippen LogP contribution in [0.3, 0.4) is 0 Å². The first-order valence-electron chi connectivity index (χ1n) is 9.97. The first kappa shape index (κ1) is 21.5. The zero-order valence-corrected chi connectivity index (χ0v) is 18.2. The number of carbonyl (C=O) groups excluding carboxylic acids is 3. The van der Waals surface area contributed by atoms with Gasteiger partial charge in [-0.2, -0.15) is 0 Å². The number of benzene rings is 1. The molecule has 1 aromatic carbocycles. The van der Waals surface area contributed by atoms with Gasteiger partial charge in [0, 0.05) is 17.5 Å². The molecule has 0 spiro atoms. The van der Waals surface area contributed by atoms with Gasteiger partial charge in [0.25, 0.3) is 5.91 Å². The Balaban J connectivity index is 1.66. The fourth-order valence-electron chi connectivity index (χ4n) is 4.02. The molecular weight excluding hydrogens is 390 g/mol. The van der Waals surface area contributed by atoms with E-state index in [1.165, 1.54) is 0 Å². The summed E-state index contributed by atoms with van der Waals surface area (Å²) in [5.74, 6) is 0.477. The summed E-state index contributed by atoms with van der Waals surface area (Å²) >= 11 is 1.58. The number of carbonyl (C=O) groups is 3. The van der Waals surface area contributed by atoms with Crippen molar-refractivity contribution in [2.45, 2.75) is 56.1 Å². The highest BCUT2D eigenvalue weighted by molar-refractivity contribution is 7.98. The molecule has 0 aliphatic carbocycles. The zero-order chi connectivity index (χ0) is 21.1. The van der Waals surface area contributed by atoms with Crippen LogP contribution < -0.4 is 15.4 Å². The van der Waals surface area contributed by atoms with E-state index in [4.69, 9.17) is 4.74 Å². The van der Waals surface area contributed by atoms with E-state index in [1.807, 2.05) is 32.2 Å². The van der Waals surface area contributed by atoms with Crippen LogP contribution in [0.25, 0.3) is 0 Å². The topological polar surface area (TPSA) is 87.7 Å². The molecule has 3 rings (SSSR count). The van der Waals surface area contributed by atoms with Gasteiger partial charge in [-0.3, -0.25) is 14.4 Å². The van der Waals surface area contributed by atoms with E-state index in [0.717, 1.165) is 4.90 Å². The lowest BCUT2D eigenvalue weighted by molar-refractivity contribution is -0.152. The van der Waals surface area contributed by atoms with Gasteiger partial charge in [0.05, 0.1) is 12.7 Å². The summed E-state index contributed by atoms with van der Waals surface area (Å²) in [4.78, 5) is 40.8. The van der Waals surface area contributed by atoms with Crippen LogP contribution in [0.5, 0.6) is 5.75 Å². The van der Waals surface area contributed by atoms with E-state index in [-0.39, 0.29) is 23.8 Å². The Kier molecular flexibility index (Phi) is 6.72. The standard InChI is InChI=1S/C21H29N3O4S/c1-12(2)9-16-21(27)24-8-7-13(10-17(24)20(26)23-16)22-19(25)15-6-5-14(29-4)11-18(15)28-3/h5-6,11-13,16-17H,7-10H2,1-4H3,(H,22,25)(H,23,26)/t13-,16+,17-/m0/s1. The van der Waals surface area contributed by atoms with Crippen molar-refractivity contribution in [1.29, 1.82) is 0 Å². The highest BCUT2D eigenvalue weighted by Crippen LogP contribution is 2.27. The number of nitrogens with zero attached hydrogens (tertiary/aromatic N) is 1. The third-order valence-corrected chi connectivity index (χ3v) is 6.22. The Hall–Kier alpha value is -2.22. The first-order chi connectivity index (χ1) is 13.8. The molecule has 2 aliphatic heterocycles. The molecule has 0 radical (unpaired) electrons. The molecule has 2 aliphatic rings. The monoisotopic (exact) mass is 419 g/mol. The Morgan fingerprint density at radius 2 is 2.14 bits per heavy atom. The summed E-state index contributed by atoms with van der Waals surface area (Å²) in [6, 6.07) is 4.34. The van der Waals surface area contributed by atoms with Crippen molar-refractivity contribution in [3.63, 3.8) is 0 Å². The number of nitrogens with one attached hydrogen (secondary N) is 2. The maximum atomic E-state index is 12.8. The highest BCUT2D eigenvalue weighted by Gasteiger charge is 2.44. The molecular formula is C21H29N3O4S. The second kappa shape index (κ2) is 9.07. The molecule has 3 amide bonds. The smallest absolute Gasteiger partial charge is 0.255 e. The molecule has 29 heavy (non-hydrogen) atoms. The second-order valence-electron chi connectivity index (χ2n) is 8.00. The quantitative estimate of drug-likeness (QED) is 0.689. The van der Waals surface area contributed by atoms with Gasteiger partial charge in [-0.15, -0.1) is 11.8 Å². The molecule has 2 N–H and O–H groups in total. The highest BCUT2D eigenvalue weighted by atomic mass is 32.2. The van der Waals surface area contributed by atoms with Crippen LogP contribution >= 0.6 is 11.8 Å². The van der Waals surface area contributed by atoms with Crippen molar-refractivity contribution in [3.05, 3.63) is 23.8 Å². The van der Waals surface area contributed by atoms with Crippen LogP contribution in [-0.4, -0.2) is 60.7 Å². The number of hydrogen-bond acceptors (Lipinski definition) is 5. The number of methoxy groups -OCH3 is 1. The normalized spacial score (nSPS) is 24.2. The molecule has 8 heteroatoms. The van der Waals surface area contributed by atoms with E-state index in [1.54, 1.807) is 29.8 Å². The SMILES string of the molecule is COc1cc(SC)ccc1C(=O)N[C@H]1CCN2C(=O)[C@@H](CC(C)C)NC(=O)[C@@H]2C1. The van der Waals surface area contributed by atoms with Gasteiger partial charge in [-0.05, 0) is 49.6 Å². The van der Waals surface area contributed by atoms with Crippen molar-refractivity contribution in [2.75, 3.05) is 19.9 Å². The Bertz CT molecular complexity index is 798. The van der Waals surface area contributed by atoms with Gasteiger partial charge in [0.15, 0.2) is 0 Å². The van der Waals surface area contributed by atoms with Crippen LogP contribution in [0.15, 0.2) is 23.1 Å². The van der Waals surface area contributed by atoms with Crippen LogP contribution in [-0.2, 0) is 9.59 Å². The molecule has 0 bridgehead atoms. The van der Waals surface area contributed by atoms with Gasteiger partial charge in [-0.1, -0.05) is 13.8 Å². The fourth-order valence-corrected chi connectivity index (χ4v) is 4.45. The molecule has 2 fully saturated rings. The molecule has 0 aromatic heterocycles. The number of hydrogen-bond donors (Lipinski definition) is 2. The molecule has 0 unspecified atom stereocenters. The minimum absolute atomic E-state index is 0.0117. The third kappa shape index (κ3) is 4.69. The number of fused-ring (bicyclic) bond motifs is 1. The average molecular weight is 420 g/mol. The van der Waals surface area contributed by atoms with Crippen LogP contribution in [0.1, 0.15) is 43.5 Å². The van der Waals surface area contributed by atoms with Crippen molar-refractivity contribution in [2.24, 2.45) is 5.92 Å². The minimum atomic E-state index is -0.522. The van der Waals surface area contributed by atoms with Gasteiger partial charge in [0.1, 0.15) is 17.8 Å². The Labute approximate surface area is 175 Å². The van der Waals surface area contributed by atoms with Crippen LogP contribution in [0, 0.1) is 5.92 Å². The second-order valence-corrected chi connectivity index (χ2v) is 8.88. The third-order valence-electron chi connectivity index (χ3n) is 5.50. The minimum Gasteiger partial charge on any atom is -0.496 e. The van der Waals surface area contributed by atoms with Gasteiger partial charge >= 0.3 is 0 Å². The summed E-state index contributed by atoms with van der Waals surface area (Å²) in [6.07, 6.45) is 3.65. The van der Waals surface area contributed by atoms with E-state index in [9.17, 15) is 14.4 Å². The van der Waals surface area contributed by atoms with E-state index < -0.39 is 12.1 Å². The van der Waals surface area contributed by atoms with Crippen LogP contribution in [0.2, 0.25) is 0 Å². The lowest BCUT2D eigenvalue weighted by Gasteiger charge is -2.44. The predicted molar refractivity (Wildman–Crippen MR) is 112 cm³/mol. The fraction of sp³-hybridized carbons (Fsp3) is 0.571. The van der Waals surface area contributed by atoms with Crippen LogP contribution in [0.4, 0.5) is 0 Å². The lowest BCUT2D eigenvalue weighted by Crippen LogP contribution is -2.67. The summed E-state index contributed by atoms with van der Waals surface area (Å²) in [7, 11) is 1.54. The number of amides is 3. The number of piperidine rings is 1. The maximum Gasteiger partial charge on any atom is 0.255 e. The van der Waals surface area contributed by atoms with Crippen molar-refractivity contribution < 1.29 is 19.1 Å². The number of thioether (sulfide) groups is 1. The summed E-state index contributed by atoms with van der Waals surface area (Å²) < 4.78 is 5.37. The number of piperazine rings is 1. The van der Waals surface area contributed by atoms with Crippen molar-refractivity contribution in [1.82, 2.24) is 15.5 Å². The van der Waals surface area contributed by atoms with Gasteiger partial charge in [0.2, 0.25) is 11.8 Å². The largest absolute Gasteiger partial charge is 0.496 e. The summed E-state index contributed by atoms with van der Waals surface area (Å²) in [5, 5.41) is 5.88. The molecule has 7 nitrogen and oxygen atoms in total.